The summed E-state index contributed by atoms with van der Waals surface area (Å²) in [6, 6.07) is 2.10. The molecule has 15 heavy (non-hydrogen) atoms. The SMILES string of the molecule is CCCCn1c(S[C@H](C)C#N)n[nH]c1=O. The molecule has 0 fully saturated rings. The van der Waals surface area contributed by atoms with Crippen LogP contribution >= 0.6 is 11.8 Å². The average Bonchev–Trinajstić information content (AvgIpc) is 2.57. The lowest BCUT2D eigenvalue weighted by Crippen LogP contribution is -2.17. The highest BCUT2D eigenvalue weighted by Gasteiger charge is 2.11. The Morgan fingerprint density at radius 3 is 3.07 bits per heavy atom. The Bertz CT molecular complexity index is 403. The highest BCUT2D eigenvalue weighted by Crippen LogP contribution is 2.18. The van der Waals surface area contributed by atoms with E-state index in [9.17, 15) is 4.79 Å². The molecule has 0 spiro atoms. The molecule has 0 aromatic carbocycles. The van der Waals surface area contributed by atoms with Crippen molar-refractivity contribution in [2.24, 2.45) is 0 Å². The van der Waals surface area contributed by atoms with Crippen molar-refractivity contribution in [2.45, 2.75) is 43.6 Å². The van der Waals surface area contributed by atoms with Crippen molar-refractivity contribution in [3.05, 3.63) is 10.5 Å². The van der Waals surface area contributed by atoms with Crippen LogP contribution in [0.2, 0.25) is 0 Å². The van der Waals surface area contributed by atoms with Gasteiger partial charge in [-0.1, -0.05) is 25.1 Å². The van der Waals surface area contributed by atoms with Gasteiger partial charge in [-0.25, -0.2) is 9.89 Å². The monoisotopic (exact) mass is 226 g/mol. The number of aromatic amines is 1. The van der Waals surface area contributed by atoms with E-state index < -0.39 is 0 Å². The number of nitriles is 1. The number of nitrogens with one attached hydrogen (secondary N) is 1. The van der Waals surface area contributed by atoms with Crippen LogP contribution in [-0.2, 0) is 6.54 Å². The minimum absolute atomic E-state index is 0.194. The van der Waals surface area contributed by atoms with E-state index in [-0.39, 0.29) is 10.9 Å². The zero-order chi connectivity index (χ0) is 11.3. The van der Waals surface area contributed by atoms with E-state index in [2.05, 4.69) is 23.2 Å². The molecular formula is C9H14N4OS. The van der Waals surface area contributed by atoms with Gasteiger partial charge in [0.2, 0.25) is 0 Å². The van der Waals surface area contributed by atoms with E-state index in [1.54, 1.807) is 11.5 Å². The summed E-state index contributed by atoms with van der Waals surface area (Å²) in [4.78, 5) is 11.4. The van der Waals surface area contributed by atoms with Crippen LogP contribution in [0, 0.1) is 11.3 Å². The molecule has 1 aromatic heterocycles. The van der Waals surface area contributed by atoms with Gasteiger partial charge in [0.25, 0.3) is 0 Å². The third-order valence-corrected chi connectivity index (χ3v) is 2.90. The van der Waals surface area contributed by atoms with Crippen LogP contribution in [0.25, 0.3) is 0 Å². The molecule has 0 radical (unpaired) electrons. The Labute approximate surface area is 92.5 Å². The fourth-order valence-corrected chi connectivity index (χ4v) is 1.86. The molecule has 0 saturated carbocycles. The van der Waals surface area contributed by atoms with E-state index in [4.69, 9.17) is 5.26 Å². The number of hydrogen-bond acceptors (Lipinski definition) is 4. The summed E-state index contributed by atoms with van der Waals surface area (Å²) in [5.74, 6) is 0. The summed E-state index contributed by atoms with van der Waals surface area (Å²) < 4.78 is 1.59. The highest BCUT2D eigenvalue weighted by molar-refractivity contribution is 8.00. The zero-order valence-electron chi connectivity index (χ0n) is 8.86. The lowest BCUT2D eigenvalue weighted by atomic mass is 10.3. The van der Waals surface area contributed by atoms with Gasteiger partial charge in [-0.2, -0.15) is 5.26 Å². The van der Waals surface area contributed by atoms with E-state index in [0.29, 0.717) is 11.7 Å². The van der Waals surface area contributed by atoms with Gasteiger partial charge in [0, 0.05) is 6.54 Å². The first-order chi connectivity index (χ1) is 7.19. The maximum absolute atomic E-state index is 11.4. The van der Waals surface area contributed by atoms with E-state index in [1.165, 1.54) is 11.8 Å². The molecule has 0 bridgehead atoms. The second-order valence-corrected chi connectivity index (χ2v) is 4.51. The van der Waals surface area contributed by atoms with Crippen LogP contribution in [0.3, 0.4) is 0 Å². The molecule has 0 aliphatic carbocycles. The number of nitrogens with zero attached hydrogens (tertiary/aromatic N) is 3. The van der Waals surface area contributed by atoms with Gasteiger partial charge in [-0.15, -0.1) is 5.10 Å². The van der Waals surface area contributed by atoms with Gasteiger partial charge in [-0.05, 0) is 13.3 Å². The number of H-pyrrole nitrogens is 1. The third kappa shape index (κ3) is 3.13. The molecule has 1 aromatic rings. The summed E-state index contributed by atoms with van der Waals surface area (Å²) in [6.07, 6.45) is 1.96. The quantitative estimate of drug-likeness (QED) is 0.769. The molecule has 0 aliphatic rings. The predicted octanol–water partition coefficient (Wildman–Crippen LogP) is 1.38. The van der Waals surface area contributed by atoms with Crippen LogP contribution in [0.5, 0.6) is 0 Å². The van der Waals surface area contributed by atoms with Gasteiger partial charge < -0.3 is 0 Å². The van der Waals surface area contributed by atoms with E-state index in [0.717, 1.165) is 12.8 Å². The van der Waals surface area contributed by atoms with Gasteiger partial charge >= 0.3 is 5.69 Å². The summed E-state index contributed by atoms with van der Waals surface area (Å²) in [5.41, 5.74) is -0.198. The first kappa shape index (κ1) is 11.9. The smallest absolute Gasteiger partial charge is 0.270 e. The molecule has 0 unspecified atom stereocenters. The maximum Gasteiger partial charge on any atom is 0.343 e. The summed E-state index contributed by atoms with van der Waals surface area (Å²) in [7, 11) is 0. The summed E-state index contributed by atoms with van der Waals surface area (Å²) in [5, 5.41) is 15.4. The van der Waals surface area contributed by atoms with Crippen molar-refractivity contribution in [3.63, 3.8) is 0 Å². The second kappa shape index (κ2) is 5.61. The molecule has 1 heterocycles. The van der Waals surface area contributed by atoms with Crippen molar-refractivity contribution in [1.29, 1.82) is 5.26 Å². The Morgan fingerprint density at radius 1 is 1.73 bits per heavy atom. The Balaban J connectivity index is 2.80. The minimum atomic E-state index is -0.198. The molecule has 6 heteroatoms. The molecule has 0 aliphatic heterocycles. The average molecular weight is 226 g/mol. The van der Waals surface area contributed by atoms with Gasteiger partial charge in [0.15, 0.2) is 5.16 Å². The maximum atomic E-state index is 11.4. The molecule has 82 valence electrons. The normalized spacial score (nSPS) is 12.3. The number of aromatic nitrogens is 3. The van der Waals surface area contributed by atoms with Gasteiger partial charge in [-0.3, -0.25) is 4.57 Å². The van der Waals surface area contributed by atoms with E-state index in [1.807, 2.05) is 0 Å². The van der Waals surface area contributed by atoms with Gasteiger partial charge in [0.1, 0.15) is 0 Å². The number of unbranched alkanes of at least 4 members (excludes halogenated alkanes) is 1. The van der Waals surface area contributed by atoms with Crippen molar-refractivity contribution >= 4 is 11.8 Å². The second-order valence-electron chi connectivity index (χ2n) is 3.21. The fraction of sp³-hybridized carbons (Fsp3) is 0.667. The lowest BCUT2D eigenvalue weighted by molar-refractivity contribution is 0.572. The topological polar surface area (TPSA) is 74.5 Å². The molecule has 1 rings (SSSR count). The number of thioether (sulfide) groups is 1. The molecule has 1 N–H and O–H groups in total. The molecule has 0 amide bonds. The van der Waals surface area contributed by atoms with Crippen LogP contribution in [-0.4, -0.2) is 20.0 Å². The summed E-state index contributed by atoms with van der Waals surface area (Å²) in [6.45, 7) is 4.51. The minimum Gasteiger partial charge on any atom is -0.270 e. The summed E-state index contributed by atoms with van der Waals surface area (Å²) >= 11 is 1.30. The van der Waals surface area contributed by atoms with Crippen LogP contribution in [0.15, 0.2) is 9.95 Å². The lowest BCUT2D eigenvalue weighted by Gasteiger charge is -2.04. The van der Waals surface area contributed by atoms with Crippen molar-refractivity contribution in [1.82, 2.24) is 14.8 Å². The first-order valence-electron chi connectivity index (χ1n) is 4.90. The Hall–Kier alpha value is -1.22. The fourth-order valence-electron chi connectivity index (χ4n) is 1.09. The number of rotatable bonds is 5. The largest absolute Gasteiger partial charge is 0.343 e. The number of hydrogen-bond donors (Lipinski definition) is 1. The van der Waals surface area contributed by atoms with Crippen LogP contribution in [0.1, 0.15) is 26.7 Å². The van der Waals surface area contributed by atoms with Crippen LogP contribution in [0.4, 0.5) is 0 Å². The highest BCUT2D eigenvalue weighted by atomic mass is 32.2. The van der Waals surface area contributed by atoms with E-state index >= 15 is 0 Å². The third-order valence-electron chi connectivity index (χ3n) is 1.92. The zero-order valence-corrected chi connectivity index (χ0v) is 9.67. The van der Waals surface area contributed by atoms with Crippen LogP contribution < -0.4 is 5.69 Å². The molecule has 0 saturated heterocycles. The predicted molar refractivity (Wildman–Crippen MR) is 58.7 cm³/mol. The molecular weight excluding hydrogens is 212 g/mol. The molecule has 1 atom stereocenters. The first-order valence-corrected chi connectivity index (χ1v) is 5.78. The van der Waals surface area contributed by atoms with Crippen molar-refractivity contribution in [3.8, 4) is 6.07 Å². The Morgan fingerprint density at radius 2 is 2.47 bits per heavy atom. The Kier molecular flexibility index (Phi) is 4.43. The standard InChI is InChI=1S/C9H14N4OS/c1-3-4-5-13-8(14)11-12-9(13)15-7(2)6-10/h7H,3-5H2,1-2H3,(H,11,14)/t7-/m1/s1. The van der Waals surface area contributed by atoms with Crippen molar-refractivity contribution in [2.75, 3.05) is 0 Å². The van der Waals surface area contributed by atoms with Gasteiger partial charge in [0.05, 0.1) is 11.3 Å². The molecule has 5 nitrogen and oxygen atoms in total. The van der Waals surface area contributed by atoms with Crippen molar-refractivity contribution < 1.29 is 0 Å².